The monoisotopic (exact) mass is 379 g/mol. The van der Waals surface area contributed by atoms with Gasteiger partial charge in [-0.15, -0.1) is 0 Å². The minimum atomic E-state index is -0.195. The molecular formula is C21H25N5O2. The molecule has 1 fully saturated rings. The van der Waals surface area contributed by atoms with Gasteiger partial charge in [-0.25, -0.2) is 9.78 Å². The SMILES string of the molecule is CC(C1CC1)N(C)c1ccc(CNC(=O)c2ccc3c(c2)[nH]c(=O)n3C)cn1. The molecule has 1 aromatic carbocycles. The third kappa shape index (κ3) is 3.52. The van der Waals surface area contributed by atoms with Gasteiger partial charge in [-0.3, -0.25) is 9.36 Å². The highest BCUT2D eigenvalue weighted by molar-refractivity contribution is 5.97. The summed E-state index contributed by atoms with van der Waals surface area (Å²) in [5, 5.41) is 2.91. The van der Waals surface area contributed by atoms with Crippen molar-refractivity contribution in [3.05, 3.63) is 58.1 Å². The van der Waals surface area contributed by atoms with E-state index < -0.39 is 0 Å². The molecule has 2 aromatic heterocycles. The molecule has 3 aromatic rings. The number of aromatic nitrogens is 3. The summed E-state index contributed by atoms with van der Waals surface area (Å²) < 4.78 is 1.52. The number of amides is 1. The van der Waals surface area contributed by atoms with Gasteiger partial charge in [0.25, 0.3) is 5.91 Å². The van der Waals surface area contributed by atoms with E-state index in [1.54, 1.807) is 25.2 Å². The largest absolute Gasteiger partial charge is 0.357 e. The van der Waals surface area contributed by atoms with E-state index in [1.165, 1.54) is 17.4 Å². The van der Waals surface area contributed by atoms with E-state index in [4.69, 9.17) is 0 Å². The van der Waals surface area contributed by atoms with Gasteiger partial charge >= 0.3 is 5.69 Å². The van der Waals surface area contributed by atoms with E-state index in [9.17, 15) is 9.59 Å². The average molecular weight is 379 g/mol. The van der Waals surface area contributed by atoms with Crippen LogP contribution in [0.4, 0.5) is 5.82 Å². The minimum Gasteiger partial charge on any atom is -0.357 e. The molecule has 146 valence electrons. The van der Waals surface area contributed by atoms with Crippen LogP contribution < -0.4 is 15.9 Å². The van der Waals surface area contributed by atoms with Crippen LogP contribution in [0, 0.1) is 5.92 Å². The molecule has 0 saturated heterocycles. The Balaban J connectivity index is 1.39. The van der Waals surface area contributed by atoms with Crippen molar-refractivity contribution in [3.63, 3.8) is 0 Å². The fraction of sp³-hybridized carbons (Fsp3) is 0.381. The number of nitrogens with one attached hydrogen (secondary N) is 2. The summed E-state index contributed by atoms with van der Waals surface area (Å²) in [5.41, 5.74) is 2.68. The van der Waals surface area contributed by atoms with Crippen molar-refractivity contribution >= 4 is 22.8 Å². The fourth-order valence-electron chi connectivity index (χ4n) is 3.50. The number of carbonyl (C=O) groups is 1. The number of hydrogen-bond acceptors (Lipinski definition) is 4. The molecule has 2 N–H and O–H groups in total. The summed E-state index contributed by atoms with van der Waals surface area (Å²) in [6, 6.07) is 9.69. The third-order valence-corrected chi connectivity index (χ3v) is 5.71. The minimum absolute atomic E-state index is 0.185. The Kier molecular flexibility index (Phi) is 4.66. The summed E-state index contributed by atoms with van der Waals surface area (Å²) in [7, 11) is 3.78. The molecule has 0 bridgehead atoms. The Bertz CT molecular complexity index is 1060. The van der Waals surface area contributed by atoms with Gasteiger partial charge in [0.15, 0.2) is 0 Å². The molecule has 1 aliphatic rings. The first kappa shape index (κ1) is 18.3. The van der Waals surface area contributed by atoms with Gasteiger partial charge in [-0.2, -0.15) is 0 Å². The van der Waals surface area contributed by atoms with Gasteiger partial charge in [0.1, 0.15) is 5.82 Å². The molecule has 2 heterocycles. The maximum Gasteiger partial charge on any atom is 0.326 e. The van der Waals surface area contributed by atoms with Crippen LogP contribution in [0.2, 0.25) is 0 Å². The molecule has 7 heteroatoms. The van der Waals surface area contributed by atoms with Crippen LogP contribution in [-0.4, -0.2) is 33.5 Å². The standard InChI is InChI=1S/C21H25N5O2/c1-13(15-5-6-15)25(2)19-9-4-14(11-22-19)12-23-20(27)16-7-8-18-17(10-16)24-21(28)26(18)3/h4,7-11,13,15H,5-6,12H2,1-3H3,(H,23,27)(H,24,28). The maximum atomic E-state index is 12.5. The van der Waals surface area contributed by atoms with Crippen LogP contribution >= 0.6 is 0 Å². The van der Waals surface area contributed by atoms with Crippen LogP contribution in [0.15, 0.2) is 41.3 Å². The summed E-state index contributed by atoms with van der Waals surface area (Å²) >= 11 is 0. The number of fused-ring (bicyclic) bond motifs is 1. The van der Waals surface area contributed by atoms with Gasteiger partial charge in [0.05, 0.1) is 11.0 Å². The Hall–Kier alpha value is -3.09. The number of imidazole rings is 1. The highest BCUT2D eigenvalue weighted by atomic mass is 16.2. The van der Waals surface area contributed by atoms with Crippen molar-refractivity contribution < 1.29 is 4.79 Å². The zero-order valence-corrected chi connectivity index (χ0v) is 16.4. The lowest BCUT2D eigenvalue weighted by molar-refractivity contribution is 0.0951. The lowest BCUT2D eigenvalue weighted by Crippen LogP contribution is -2.31. The molecule has 0 radical (unpaired) electrons. The summed E-state index contributed by atoms with van der Waals surface area (Å²) in [6.45, 7) is 2.64. The molecule has 1 amide bonds. The van der Waals surface area contributed by atoms with Gasteiger partial charge in [0.2, 0.25) is 0 Å². The van der Waals surface area contributed by atoms with Gasteiger partial charge in [-0.1, -0.05) is 6.07 Å². The van der Waals surface area contributed by atoms with Crippen LogP contribution in [-0.2, 0) is 13.6 Å². The number of aryl methyl sites for hydroxylation is 1. The molecule has 7 nitrogen and oxygen atoms in total. The number of anilines is 1. The molecule has 1 saturated carbocycles. The first-order chi connectivity index (χ1) is 13.4. The van der Waals surface area contributed by atoms with Crippen LogP contribution in [0.1, 0.15) is 35.7 Å². The third-order valence-electron chi connectivity index (χ3n) is 5.71. The summed E-state index contributed by atoms with van der Waals surface area (Å²) in [5.74, 6) is 1.55. The zero-order valence-electron chi connectivity index (χ0n) is 16.4. The molecule has 1 unspecified atom stereocenters. The Labute approximate surface area is 163 Å². The second kappa shape index (κ2) is 7.14. The summed E-state index contributed by atoms with van der Waals surface area (Å²) in [6.07, 6.45) is 4.42. The van der Waals surface area contributed by atoms with Gasteiger partial charge < -0.3 is 15.2 Å². The quantitative estimate of drug-likeness (QED) is 0.689. The first-order valence-electron chi connectivity index (χ1n) is 9.59. The van der Waals surface area contributed by atoms with Crippen LogP contribution in [0.5, 0.6) is 0 Å². The van der Waals surface area contributed by atoms with E-state index in [-0.39, 0.29) is 11.6 Å². The van der Waals surface area contributed by atoms with Crippen molar-refractivity contribution in [1.82, 2.24) is 19.9 Å². The predicted octanol–water partition coefficient (Wildman–Crippen LogP) is 2.43. The van der Waals surface area contributed by atoms with E-state index in [2.05, 4.69) is 34.2 Å². The second-order valence-corrected chi connectivity index (χ2v) is 7.62. The van der Waals surface area contributed by atoms with Crippen LogP contribution in [0.25, 0.3) is 11.0 Å². The molecule has 0 spiro atoms. The van der Waals surface area contributed by atoms with E-state index >= 15 is 0 Å². The van der Waals surface area contributed by atoms with Crippen molar-refractivity contribution in [2.75, 3.05) is 11.9 Å². The number of rotatable bonds is 6. The zero-order chi connectivity index (χ0) is 19.8. The number of benzene rings is 1. The Morgan fingerprint density at radius 1 is 1.36 bits per heavy atom. The van der Waals surface area contributed by atoms with Crippen molar-refractivity contribution in [2.45, 2.75) is 32.4 Å². The number of H-pyrrole nitrogens is 1. The van der Waals surface area contributed by atoms with Crippen molar-refractivity contribution in [3.8, 4) is 0 Å². The van der Waals surface area contributed by atoms with Crippen molar-refractivity contribution in [2.24, 2.45) is 13.0 Å². The van der Waals surface area contributed by atoms with E-state index in [0.29, 0.717) is 23.7 Å². The lowest BCUT2D eigenvalue weighted by atomic mass is 10.1. The molecule has 1 aliphatic carbocycles. The predicted molar refractivity (Wildman–Crippen MR) is 110 cm³/mol. The van der Waals surface area contributed by atoms with Gasteiger partial charge in [0, 0.05) is 38.4 Å². The Morgan fingerprint density at radius 2 is 2.14 bits per heavy atom. The molecule has 1 atom stereocenters. The van der Waals surface area contributed by atoms with Crippen LogP contribution in [0.3, 0.4) is 0 Å². The number of hydrogen-bond donors (Lipinski definition) is 2. The number of aromatic amines is 1. The normalized spacial score (nSPS) is 14.8. The first-order valence-corrected chi connectivity index (χ1v) is 9.59. The van der Waals surface area contributed by atoms with E-state index in [0.717, 1.165) is 22.8 Å². The average Bonchev–Trinajstić information content (AvgIpc) is 3.52. The van der Waals surface area contributed by atoms with E-state index in [1.807, 2.05) is 18.3 Å². The number of carbonyl (C=O) groups excluding carboxylic acids is 1. The second-order valence-electron chi connectivity index (χ2n) is 7.62. The topological polar surface area (TPSA) is 83.0 Å². The Morgan fingerprint density at radius 3 is 2.82 bits per heavy atom. The maximum absolute atomic E-state index is 12.5. The molecule has 28 heavy (non-hydrogen) atoms. The fourth-order valence-corrected chi connectivity index (χ4v) is 3.50. The molecular weight excluding hydrogens is 354 g/mol. The number of pyridine rings is 1. The highest BCUT2D eigenvalue weighted by Crippen LogP contribution is 2.35. The molecule has 0 aliphatic heterocycles. The smallest absolute Gasteiger partial charge is 0.326 e. The molecule has 4 rings (SSSR count). The van der Waals surface area contributed by atoms with Gasteiger partial charge in [-0.05, 0) is 55.5 Å². The highest BCUT2D eigenvalue weighted by Gasteiger charge is 2.30. The number of nitrogens with zero attached hydrogens (tertiary/aromatic N) is 3. The summed E-state index contributed by atoms with van der Waals surface area (Å²) in [4.78, 5) is 33.7. The lowest BCUT2D eigenvalue weighted by Gasteiger charge is -2.26. The van der Waals surface area contributed by atoms with Crippen molar-refractivity contribution in [1.29, 1.82) is 0 Å².